The van der Waals surface area contributed by atoms with Gasteiger partial charge >= 0.3 is 0 Å². The molecule has 17 heavy (non-hydrogen) atoms. The average molecular weight is 344 g/mol. The van der Waals surface area contributed by atoms with Gasteiger partial charge in [-0.2, -0.15) is 0 Å². The Morgan fingerprint density at radius 3 is 2.53 bits per heavy atom. The summed E-state index contributed by atoms with van der Waals surface area (Å²) in [4.78, 5) is 16.4. The quantitative estimate of drug-likeness (QED) is 0.767. The third-order valence-corrected chi connectivity index (χ3v) is 3.99. The van der Waals surface area contributed by atoms with Crippen LogP contribution in [0.25, 0.3) is 0 Å². The van der Waals surface area contributed by atoms with E-state index in [0.29, 0.717) is 6.04 Å². The number of carbonyl (C=O) groups is 1. The minimum atomic E-state index is 0.158. The van der Waals surface area contributed by atoms with Crippen LogP contribution in [-0.2, 0) is 0 Å². The smallest absolute Gasteiger partial charge is 0.253 e. The van der Waals surface area contributed by atoms with Gasteiger partial charge in [-0.05, 0) is 67.4 Å². The lowest BCUT2D eigenvalue weighted by Crippen LogP contribution is -2.34. The second-order valence-electron chi connectivity index (χ2n) is 4.66. The lowest BCUT2D eigenvalue weighted by atomic mass is 10.2. The molecule has 1 saturated heterocycles. The van der Waals surface area contributed by atoms with E-state index in [9.17, 15) is 4.79 Å². The van der Waals surface area contributed by atoms with E-state index in [0.717, 1.165) is 28.6 Å². The molecule has 1 aromatic rings. The number of hydrogen-bond acceptors (Lipinski definition) is 2. The van der Waals surface area contributed by atoms with E-state index in [4.69, 9.17) is 0 Å². The Morgan fingerprint density at radius 1 is 1.35 bits per heavy atom. The van der Waals surface area contributed by atoms with Gasteiger partial charge in [-0.15, -0.1) is 0 Å². The van der Waals surface area contributed by atoms with Crippen molar-refractivity contribution < 1.29 is 4.79 Å². The molecule has 2 rings (SSSR count). The molecule has 1 aliphatic heterocycles. The van der Waals surface area contributed by atoms with Crippen molar-refractivity contribution >= 4 is 28.5 Å². The summed E-state index contributed by atoms with van der Waals surface area (Å²) in [5.74, 6) is 0.158. The Morgan fingerprint density at radius 2 is 2.00 bits per heavy atom. The zero-order valence-electron chi connectivity index (χ0n) is 10.2. The highest BCUT2D eigenvalue weighted by molar-refractivity contribution is 14.1. The number of halogens is 1. The average Bonchev–Trinajstić information content (AvgIpc) is 2.78. The zero-order valence-corrected chi connectivity index (χ0v) is 12.3. The molecule has 0 spiro atoms. The summed E-state index contributed by atoms with van der Waals surface area (Å²) in [6, 6.07) is 8.28. The van der Waals surface area contributed by atoms with Crippen LogP contribution in [0.2, 0.25) is 0 Å². The van der Waals surface area contributed by atoms with Gasteiger partial charge in [0.15, 0.2) is 0 Å². The van der Waals surface area contributed by atoms with Crippen LogP contribution in [0.3, 0.4) is 0 Å². The molecule has 1 heterocycles. The van der Waals surface area contributed by atoms with E-state index in [1.54, 1.807) is 0 Å². The summed E-state index contributed by atoms with van der Waals surface area (Å²) in [5, 5.41) is 0. The van der Waals surface area contributed by atoms with Crippen molar-refractivity contribution in [3.63, 3.8) is 0 Å². The van der Waals surface area contributed by atoms with Gasteiger partial charge in [-0.1, -0.05) is 0 Å². The van der Waals surface area contributed by atoms with Gasteiger partial charge in [0.05, 0.1) is 0 Å². The maximum Gasteiger partial charge on any atom is 0.253 e. The van der Waals surface area contributed by atoms with Crippen LogP contribution in [0.4, 0.5) is 0 Å². The first-order chi connectivity index (χ1) is 8.08. The van der Waals surface area contributed by atoms with Crippen molar-refractivity contribution in [2.24, 2.45) is 0 Å². The summed E-state index contributed by atoms with van der Waals surface area (Å²) < 4.78 is 1.16. The van der Waals surface area contributed by atoms with E-state index >= 15 is 0 Å². The monoisotopic (exact) mass is 344 g/mol. The van der Waals surface area contributed by atoms with Crippen molar-refractivity contribution in [1.29, 1.82) is 0 Å². The van der Waals surface area contributed by atoms with Gasteiger partial charge in [0.1, 0.15) is 0 Å². The second kappa shape index (κ2) is 5.35. The third-order valence-electron chi connectivity index (χ3n) is 3.27. The SMILES string of the molecule is CN(C)[C@H]1CCN(C(=O)c2ccc(I)cc2)C1. The molecule has 1 fully saturated rings. The standard InChI is InChI=1S/C13H17IN2O/c1-15(2)12-7-8-16(9-12)13(17)10-3-5-11(14)6-4-10/h3-6,12H,7-9H2,1-2H3/t12-/m0/s1. The first-order valence-corrected chi connectivity index (χ1v) is 6.87. The fourth-order valence-electron chi connectivity index (χ4n) is 2.12. The van der Waals surface area contributed by atoms with Gasteiger partial charge in [-0.25, -0.2) is 0 Å². The third kappa shape index (κ3) is 2.98. The summed E-state index contributed by atoms with van der Waals surface area (Å²) in [6.45, 7) is 1.71. The van der Waals surface area contributed by atoms with Crippen LogP contribution in [-0.4, -0.2) is 48.9 Å². The fourth-order valence-corrected chi connectivity index (χ4v) is 2.48. The Bertz CT molecular complexity index is 402. The van der Waals surface area contributed by atoms with E-state index in [1.165, 1.54) is 0 Å². The number of benzene rings is 1. The highest BCUT2D eigenvalue weighted by atomic mass is 127. The van der Waals surface area contributed by atoms with Crippen LogP contribution >= 0.6 is 22.6 Å². The number of amides is 1. The summed E-state index contributed by atoms with van der Waals surface area (Å²) in [5.41, 5.74) is 0.796. The highest BCUT2D eigenvalue weighted by Gasteiger charge is 2.27. The molecular formula is C13H17IN2O. The molecule has 1 amide bonds. The van der Waals surface area contributed by atoms with Gasteiger partial charge < -0.3 is 9.80 Å². The van der Waals surface area contributed by atoms with Crippen molar-refractivity contribution in [2.75, 3.05) is 27.2 Å². The van der Waals surface area contributed by atoms with Gasteiger partial charge in [-0.3, -0.25) is 4.79 Å². The van der Waals surface area contributed by atoms with Crippen LogP contribution in [0.15, 0.2) is 24.3 Å². The predicted molar refractivity (Wildman–Crippen MR) is 77.2 cm³/mol. The normalized spacial score (nSPS) is 20.0. The van der Waals surface area contributed by atoms with E-state index < -0.39 is 0 Å². The molecule has 0 bridgehead atoms. The van der Waals surface area contributed by atoms with Crippen molar-refractivity contribution in [1.82, 2.24) is 9.80 Å². The number of carbonyl (C=O) groups excluding carboxylic acids is 1. The fraction of sp³-hybridized carbons (Fsp3) is 0.462. The predicted octanol–water partition coefficient (Wildman–Crippen LogP) is 2.07. The number of hydrogen-bond donors (Lipinski definition) is 0. The molecule has 0 unspecified atom stereocenters. The summed E-state index contributed by atoms with van der Waals surface area (Å²) >= 11 is 2.25. The first kappa shape index (κ1) is 12.8. The zero-order chi connectivity index (χ0) is 12.4. The van der Waals surface area contributed by atoms with Crippen LogP contribution in [0.5, 0.6) is 0 Å². The van der Waals surface area contributed by atoms with Gasteiger partial charge in [0.25, 0.3) is 5.91 Å². The minimum absolute atomic E-state index is 0.158. The molecular weight excluding hydrogens is 327 g/mol. The number of likely N-dealkylation sites (N-methyl/N-ethyl adjacent to an activating group) is 1. The molecule has 92 valence electrons. The second-order valence-corrected chi connectivity index (χ2v) is 5.91. The number of nitrogens with zero attached hydrogens (tertiary/aromatic N) is 2. The van der Waals surface area contributed by atoms with E-state index in [2.05, 4.69) is 41.6 Å². The molecule has 0 radical (unpaired) electrons. The van der Waals surface area contributed by atoms with Crippen molar-refractivity contribution in [2.45, 2.75) is 12.5 Å². The lowest BCUT2D eigenvalue weighted by Gasteiger charge is -2.20. The lowest BCUT2D eigenvalue weighted by molar-refractivity contribution is 0.0783. The highest BCUT2D eigenvalue weighted by Crippen LogP contribution is 2.17. The summed E-state index contributed by atoms with van der Waals surface area (Å²) in [7, 11) is 4.15. The van der Waals surface area contributed by atoms with Crippen LogP contribution in [0.1, 0.15) is 16.8 Å². The van der Waals surface area contributed by atoms with E-state index in [-0.39, 0.29) is 5.91 Å². The van der Waals surface area contributed by atoms with Gasteiger partial charge in [0, 0.05) is 28.3 Å². The molecule has 0 aromatic heterocycles. The topological polar surface area (TPSA) is 23.6 Å². The molecule has 1 aromatic carbocycles. The number of likely N-dealkylation sites (tertiary alicyclic amines) is 1. The van der Waals surface area contributed by atoms with Crippen molar-refractivity contribution in [3.05, 3.63) is 33.4 Å². The van der Waals surface area contributed by atoms with Gasteiger partial charge in [0.2, 0.25) is 0 Å². The molecule has 1 atom stereocenters. The molecule has 3 nitrogen and oxygen atoms in total. The Hall–Kier alpha value is -0.620. The first-order valence-electron chi connectivity index (χ1n) is 5.79. The maximum atomic E-state index is 12.2. The Kier molecular flexibility index (Phi) is 4.04. The molecule has 0 N–H and O–H groups in total. The molecule has 0 aliphatic carbocycles. The Labute approximate surface area is 116 Å². The van der Waals surface area contributed by atoms with E-state index in [1.807, 2.05) is 29.2 Å². The molecule has 1 aliphatic rings. The molecule has 4 heteroatoms. The van der Waals surface area contributed by atoms with Crippen LogP contribution in [0, 0.1) is 3.57 Å². The van der Waals surface area contributed by atoms with Crippen LogP contribution < -0.4 is 0 Å². The summed E-state index contributed by atoms with van der Waals surface area (Å²) in [6.07, 6.45) is 1.07. The number of rotatable bonds is 2. The minimum Gasteiger partial charge on any atom is -0.337 e. The maximum absolute atomic E-state index is 12.2. The van der Waals surface area contributed by atoms with Crippen molar-refractivity contribution in [3.8, 4) is 0 Å². The molecule has 0 saturated carbocycles. The largest absolute Gasteiger partial charge is 0.337 e. The Balaban J connectivity index is 2.04.